The van der Waals surface area contributed by atoms with E-state index >= 15 is 0 Å². The third-order valence-electron chi connectivity index (χ3n) is 3.70. The van der Waals surface area contributed by atoms with Crippen molar-refractivity contribution in [1.82, 2.24) is 9.97 Å². The van der Waals surface area contributed by atoms with Crippen LogP contribution in [0.2, 0.25) is 0 Å². The number of rotatable bonds is 2. The molecule has 1 atom stereocenters. The number of benzene rings is 1. The molecule has 4 heteroatoms. The number of H-pyrrole nitrogens is 1. The number of aryl methyl sites for hydroxylation is 1. The maximum atomic E-state index is 13.3. The maximum absolute atomic E-state index is 13.3. The van der Waals surface area contributed by atoms with Crippen molar-refractivity contribution in [1.29, 1.82) is 0 Å². The van der Waals surface area contributed by atoms with Crippen LogP contribution in [0, 0.1) is 5.82 Å². The van der Waals surface area contributed by atoms with Crippen LogP contribution in [0.3, 0.4) is 0 Å². The van der Waals surface area contributed by atoms with Crippen LogP contribution in [-0.4, -0.2) is 9.97 Å². The summed E-state index contributed by atoms with van der Waals surface area (Å²) in [6, 6.07) is 4.38. The summed E-state index contributed by atoms with van der Waals surface area (Å²) in [5, 5.41) is 0. The fraction of sp³-hybridized carbons (Fsp3) is 0.357. The Balaban J connectivity index is 2.06. The lowest BCUT2D eigenvalue weighted by molar-refractivity contribution is 0.628. The number of nitrogens with two attached hydrogens (primary N) is 1. The predicted octanol–water partition coefficient (Wildman–Crippen LogP) is 3.24. The van der Waals surface area contributed by atoms with Crippen LogP contribution in [-0.2, 0) is 6.42 Å². The lowest BCUT2D eigenvalue weighted by Crippen LogP contribution is -1.95. The lowest BCUT2D eigenvalue weighted by Gasteiger charge is -2.05. The van der Waals surface area contributed by atoms with Gasteiger partial charge in [0.05, 0.1) is 5.69 Å². The molecule has 0 amide bonds. The molecule has 3 nitrogen and oxygen atoms in total. The molecule has 1 aliphatic carbocycles. The summed E-state index contributed by atoms with van der Waals surface area (Å²) in [6.45, 7) is 2.17. The molecule has 0 saturated heterocycles. The van der Waals surface area contributed by atoms with E-state index in [1.165, 1.54) is 17.8 Å². The highest BCUT2D eigenvalue weighted by Gasteiger charge is 2.25. The number of halogens is 1. The number of nitrogen functional groups attached to an aromatic ring is 1. The average Bonchev–Trinajstić information content (AvgIpc) is 2.91. The largest absolute Gasteiger partial charge is 0.398 e. The van der Waals surface area contributed by atoms with Crippen molar-refractivity contribution in [2.75, 3.05) is 5.73 Å². The van der Waals surface area contributed by atoms with Gasteiger partial charge in [-0.25, -0.2) is 9.37 Å². The first-order valence-corrected chi connectivity index (χ1v) is 6.33. The maximum Gasteiger partial charge on any atom is 0.140 e. The van der Waals surface area contributed by atoms with Crippen LogP contribution < -0.4 is 5.73 Å². The topological polar surface area (TPSA) is 54.7 Å². The predicted molar refractivity (Wildman–Crippen MR) is 69.7 cm³/mol. The molecule has 1 aromatic heterocycles. The second-order valence-electron chi connectivity index (χ2n) is 4.82. The molecule has 94 valence electrons. The van der Waals surface area contributed by atoms with Gasteiger partial charge in [0.2, 0.25) is 0 Å². The Labute approximate surface area is 105 Å². The second kappa shape index (κ2) is 4.12. The molecule has 3 N–H and O–H groups in total. The van der Waals surface area contributed by atoms with Crippen LogP contribution in [0.1, 0.15) is 37.1 Å². The number of hydrogen-bond donors (Lipinski definition) is 2. The first-order chi connectivity index (χ1) is 8.69. The van der Waals surface area contributed by atoms with E-state index in [0.29, 0.717) is 23.0 Å². The molecule has 0 spiro atoms. The zero-order valence-corrected chi connectivity index (χ0v) is 10.3. The Bertz CT molecular complexity index is 589. The van der Waals surface area contributed by atoms with Gasteiger partial charge in [0.15, 0.2) is 0 Å². The Morgan fingerprint density at radius 1 is 1.50 bits per heavy atom. The first-order valence-electron chi connectivity index (χ1n) is 6.33. The number of imidazole rings is 1. The highest BCUT2D eigenvalue weighted by atomic mass is 19.1. The van der Waals surface area contributed by atoms with Crippen molar-refractivity contribution in [2.24, 2.45) is 0 Å². The van der Waals surface area contributed by atoms with Crippen LogP contribution in [0.15, 0.2) is 18.2 Å². The highest BCUT2D eigenvalue weighted by Crippen LogP contribution is 2.36. The quantitative estimate of drug-likeness (QED) is 0.798. The number of aromatic amines is 1. The molecule has 1 heterocycles. The minimum absolute atomic E-state index is 0.289. The summed E-state index contributed by atoms with van der Waals surface area (Å²) in [6.07, 6.45) is 3.27. The Kier molecular flexibility index (Phi) is 2.58. The molecule has 0 bridgehead atoms. The first kappa shape index (κ1) is 11.3. The van der Waals surface area contributed by atoms with Crippen molar-refractivity contribution in [3.8, 4) is 11.4 Å². The standard InChI is InChI=1S/C14H16FN3/c1-2-8-3-6-12-13(8)18-14(17-12)10-7-9(15)4-5-11(10)16/h4-5,7-8H,2-3,6,16H2,1H3,(H,17,18). The van der Waals surface area contributed by atoms with Crippen molar-refractivity contribution in [3.63, 3.8) is 0 Å². The summed E-state index contributed by atoms with van der Waals surface area (Å²) in [7, 11) is 0. The monoisotopic (exact) mass is 245 g/mol. The van der Waals surface area contributed by atoms with E-state index in [2.05, 4.69) is 16.9 Å². The average molecular weight is 245 g/mol. The van der Waals surface area contributed by atoms with E-state index in [0.717, 1.165) is 25.0 Å². The summed E-state index contributed by atoms with van der Waals surface area (Å²) < 4.78 is 13.3. The van der Waals surface area contributed by atoms with Crippen molar-refractivity contribution >= 4 is 5.69 Å². The molecule has 3 rings (SSSR count). The van der Waals surface area contributed by atoms with Crippen molar-refractivity contribution in [3.05, 3.63) is 35.4 Å². The van der Waals surface area contributed by atoms with Gasteiger partial charge in [-0.1, -0.05) is 6.92 Å². The zero-order valence-electron chi connectivity index (χ0n) is 10.3. The minimum Gasteiger partial charge on any atom is -0.398 e. The third-order valence-corrected chi connectivity index (χ3v) is 3.70. The molecule has 0 fully saturated rings. The van der Waals surface area contributed by atoms with Crippen LogP contribution in [0.25, 0.3) is 11.4 Å². The van der Waals surface area contributed by atoms with Crippen LogP contribution >= 0.6 is 0 Å². The molecule has 1 aromatic carbocycles. The Hall–Kier alpha value is -1.84. The smallest absolute Gasteiger partial charge is 0.140 e. The van der Waals surface area contributed by atoms with Gasteiger partial charge >= 0.3 is 0 Å². The van der Waals surface area contributed by atoms with E-state index < -0.39 is 0 Å². The molecular weight excluding hydrogens is 229 g/mol. The van der Waals surface area contributed by atoms with E-state index in [4.69, 9.17) is 5.73 Å². The van der Waals surface area contributed by atoms with Gasteiger partial charge in [0.1, 0.15) is 11.6 Å². The normalized spacial score (nSPS) is 18.0. The van der Waals surface area contributed by atoms with Crippen LogP contribution in [0.5, 0.6) is 0 Å². The van der Waals surface area contributed by atoms with Gasteiger partial charge in [0.25, 0.3) is 0 Å². The second-order valence-corrected chi connectivity index (χ2v) is 4.82. The molecule has 0 saturated carbocycles. The van der Waals surface area contributed by atoms with Gasteiger partial charge in [-0.3, -0.25) is 0 Å². The SMILES string of the molecule is CCC1CCc2[nH]c(-c3cc(F)ccc3N)nc21. The Morgan fingerprint density at radius 2 is 2.33 bits per heavy atom. The molecule has 0 aliphatic heterocycles. The van der Waals surface area contributed by atoms with Gasteiger partial charge in [0, 0.05) is 22.9 Å². The molecular formula is C14H16FN3. The van der Waals surface area contributed by atoms with Crippen LogP contribution in [0.4, 0.5) is 10.1 Å². The Morgan fingerprint density at radius 3 is 3.11 bits per heavy atom. The minimum atomic E-state index is -0.289. The summed E-state index contributed by atoms with van der Waals surface area (Å²) >= 11 is 0. The zero-order chi connectivity index (χ0) is 12.7. The van der Waals surface area contributed by atoms with Gasteiger partial charge in [-0.2, -0.15) is 0 Å². The molecule has 1 aliphatic rings. The number of nitrogens with one attached hydrogen (secondary N) is 1. The van der Waals surface area contributed by atoms with Crippen molar-refractivity contribution < 1.29 is 4.39 Å². The van der Waals surface area contributed by atoms with E-state index in [-0.39, 0.29) is 5.82 Å². The summed E-state index contributed by atoms with van der Waals surface area (Å²) in [5.41, 5.74) is 9.40. The number of hydrogen-bond acceptors (Lipinski definition) is 2. The number of nitrogens with zero attached hydrogens (tertiary/aromatic N) is 1. The fourth-order valence-electron chi connectivity index (χ4n) is 2.66. The fourth-order valence-corrected chi connectivity index (χ4v) is 2.66. The number of aromatic nitrogens is 2. The van der Waals surface area contributed by atoms with E-state index in [1.54, 1.807) is 6.07 Å². The number of anilines is 1. The van der Waals surface area contributed by atoms with Gasteiger partial charge in [-0.15, -0.1) is 0 Å². The third kappa shape index (κ3) is 1.68. The van der Waals surface area contributed by atoms with E-state index in [1.807, 2.05) is 0 Å². The molecule has 18 heavy (non-hydrogen) atoms. The van der Waals surface area contributed by atoms with E-state index in [9.17, 15) is 4.39 Å². The lowest BCUT2D eigenvalue weighted by atomic mass is 10.0. The molecule has 0 radical (unpaired) electrons. The van der Waals surface area contributed by atoms with Gasteiger partial charge in [-0.05, 0) is 37.5 Å². The highest BCUT2D eigenvalue weighted by molar-refractivity contribution is 5.72. The number of fused-ring (bicyclic) bond motifs is 1. The summed E-state index contributed by atoms with van der Waals surface area (Å²) in [5.74, 6) is 0.928. The van der Waals surface area contributed by atoms with Crippen molar-refractivity contribution in [2.45, 2.75) is 32.1 Å². The molecule has 1 unspecified atom stereocenters. The molecule has 2 aromatic rings. The van der Waals surface area contributed by atoms with Gasteiger partial charge < -0.3 is 10.7 Å². The summed E-state index contributed by atoms with van der Waals surface area (Å²) in [4.78, 5) is 7.90.